The molecule has 0 saturated heterocycles. The molecule has 1 aromatic rings. The van der Waals surface area contributed by atoms with Crippen molar-refractivity contribution in [2.75, 3.05) is 0 Å². The highest BCUT2D eigenvalue weighted by molar-refractivity contribution is 7.99. The van der Waals surface area contributed by atoms with Gasteiger partial charge in [0.25, 0.3) is 5.69 Å². The van der Waals surface area contributed by atoms with Crippen LogP contribution in [-0.2, 0) is 0 Å². The maximum atomic E-state index is 10.7. The summed E-state index contributed by atoms with van der Waals surface area (Å²) in [5, 5.41) is 23.1. The number of hydrogen-bond donors (Lipinski definition) is 2. The first-order valence-corrected chi connectivity index (χ1v) is 6.53. The second kappa shape index (κ2) is 6.37. The smallest absolute Gasteiger partial charge is 0.288 e. The lowest BCUT2D eigenvalue weighted by atomic mass is 10.2. The van der Waals surface area contributed by atoms with Gasteiger partial charge in [-0.15, -0.1) is 11.8 Å². The molecule has 0 bridgehead atoms. The van der Waals surface area contributed by atoms with Crippen LogP contribution < -0.4 is 5.73 Å². The Morgan fingerprint density at radius 1 is 1.58 bits per heavy atom. The van der Waals surface area contributed by atoms with E-state index in [0.717, 1.165) is 0 Å². The number of thioether (sulfide) groups is 1. The van der Waals surface area contributed by atoms with Crippen molar-refractivity contribution in [3.63, 3.8) is 0 Å². The van der Waals surface area contributed by atoms with Gasteiger partial charge in [-0.05, 0) is 5.92 Å². The summed E-state index contributed by atoms with van der Waals surface area (Å²) in [6, 6.07) is 1.26. The Morgan fingerprint density at radius 2 is 2.21 bits per heavy atom. The van der Waals surface area contributed by atoms with Gasteiger partial charge in [-0.25, -0.2) is 4.98 Å². The highest BCUT2D eigenvalue weighted by Crippen LogP contribution is 2.30. The molecule has 3 N–H and O–H groups in total. The predicted molar refractivity (Wildman–Crippen MR) is 73.6 cm³/mol. The Morgan fingerprint density at radius 3 is 2.68 bits per heavy atom. The molecule has 0 aliphatic heterocycles. The second-order valence-electron chi connectivity index (χ2n) is 4.36. The van der Waals surface area contributed by atoms with Crippen LogP contribution in [0.5, 0.6) is 0 Å². The van der Waals surface area contributed by atoms with Crippen LogP contribution in [0.3, 0.4) is 0 Å². The van der Waals surface area contributed by atoms with Crippen LogP contribution in [0.4, 0.5) is 5.69 Å². The Labute approximate surface area is 115 Å². The third kappa shape index (κ3) is 3.82. The predicted octanol–water partition coefficient (Wildman–Crippen LogP) is 2.22. The summed E-state index contributed by atoms with van der Waals surface area (Å²) in [5.74, 6) is 0.219. The van der Waals surface area contributed by atoms with E-state index in [1.165, 1.54) is 24.0 Å². The molecule has 8 heteroatoms. The molecule has 1 atom stereocenters. The Kier molecular flexibility index (Phi) is 5.11. The van der Waals surface area contributed by atoms with E-state index in [4.69, 9.17) is 10.9 Å². The van der Waals surface area contributed by atoms with Crippen molar-refractivity contribution in [3.05, 3.63) is 27.9 Å². The highest BCUT2D eigenvalue weighted by atomic mass is 32.2. The molecule has 104 valence electrons. The summed E-state index contributed by atoms with van der Waals surface area (Å²) in [4.78, 5) is 14.2. The normalized spacial score (nSPS) is 13.6. The molecular weight excluding hydrogens is 268 g/mol. The third-order valence-electron chi connectivity index (χ3n) is 2.67. The molecule has 1 unspecified atom stereocenters. The average Bonchev–Trinajstić information content (AvgIpc) is 2.37. The number of aromatic nitrogens is 1. The highest BCUT2D eigenvalue weighted by Gasteiger charge is 2.19. The minimum atomic E-state index is -0.568. The Bertz CT molecular complexity index is 505. The van der Waals surface area contributed by atoms with Crippen molar-refractivity contribution >= 4 is 23.3 Å². The van der Waals surface area contributed by atoms with E-state index in [2.05, 4.69) is 24.0 Å². The van der Waals surface area contributed by atoms with Gasteiger partial charge in [-0.3, -0.25) is 10.1 Å². The van der Waals surface area contributed by atoms with Gasteiger partial charge in [-0.1, -0.05) is 25.9 Å². The first-order valence-electron chi connectivity index (χ1n) is 5.65. The standard InChI is InChI=1S/C11H16N4O3S/c1-6(2)7(3)19-11-9(10(12)14-16)4-8(5-13-11)15(17)18/h4-7,16H,1-3H3,(H2,12,14). The molecule has 1 heterocycles. The molecule has 0 amide bonds. The number of hydrogen-bond acceptors (Lipinski definition) is 6. The monoisotopic (exact) mass is 284 g/mol. The zero-order valence-corrected chi connectivity index (χ0v) is 11.7. The molecular formula is C11H16N4O3S. The molecule has 19 heavy (non-hydrogen) atoms. The second-order valence-corrected chi connectivity index (χ2v) is 5.72. The van der Waals surface area contributed by atoms with Gasteiger partial charge >= 0.3 is 0 Å². The molecule has 0 spiro atoms. The molecule has 0 fully saturated rings. The average molecular weight is 284 g/mol. The van der Waals surface area contributed by atoms with Gasteiger partial charge in [-0.2, -0.15) is 0 Å². The van der Waals surface area contributed by atoms with E-state index in [1.807, 2.05) is 6.92 Å². The van der Waals surface area contributed by atoms with Crippen LogP contribution in [0.15, 0.2) is 22.4 Å². The van der Waals surface area contributed by atoms with E-state index in [9.17, 15) is 10.1 Å². The van der Waals surface area contributed by atoms with Crippen molar-refractivity contribution in [1.29, 1.82) is 0 Å². The zero-order valence-electron chi connectivity index (χ0n) is 10.9. The van der Waals surface area contributed by atoms with Gasteiger partial charge < -0.3 is 10.9 Å². The van der Waals surface area contributed by atoms with Crippen molar-refractivity contribution in [2.45, 2.75) is 31.0 Å². The lowest BCUT2D eigenvalue weighted by Gasteiger charge is -2.15. The quantitative estimate of drug-likeness (QED) is 0.214. The number of nitrogens with two attached hydrogens (primary N) is 1. The van der Waals surface area contributed by atoms with Gasteiger partial charge in [0.1, 0.15) is 11.2 Å². The van der Waals surface area contributed by atoms with Crippen LogP contribution in [0.1, 0.15) is 26.3 Å². The minimum Gasteiger partial charge on any atom is -0.409 e. The van der Waals surface area contributed by atoms with E-state index in [0.29, 0.717) is 10.9 Å². The van der Waals surface area contributed by atoms with Crippen molar-refractivity contribution in [3.8, 4) is 0 Å². The van der Waals surface area contributed by atoms with E-state index >= 15 is 0 Å². The largest absolute Gasteiger partial charge is 0.409 e. The van der Waals surface area contributed by atoms with Crippen molar-refractivity contribution < 1.29 is 10.1 Å². The van der Waals surface area contributed by atoms with E-state index in [1.54, 1.807) is 0 Å². The third-order valence-corrected chi connectivity index (χ3v) is 4.13. The number of nitro groups is 1. The summed E-state index contributed by atoms with van der Waals surface area (Å²) < 4.78 is 0. The Balaban J connectivity index is 3.20. The number of amidine groups is 1. The molecule has 0 aromatic carbocycles. The maximum Gasteiger partial charge on any atom is 0.288 e. The molecule has 0 radical (unpaired) electrons. The fourth-order valence-corrected chi connectivity index (χ4v) is 2.21. The molecule has 0 aliphatic carbocycles. The van der Waals surface area contributed by atoms with Crippen LogP contribution in [0, 0.1) is 16.0 Å². The Hall–Kier alpha value is -1.83. The molecule has 1 rings (SSSR count). The lowest BCUT2D eigenvalue weighted by Crippen LogP contribution is -2.16. The van der Waals surface area contributed by atoms with Crippen LogP contribution in [0.25, 0.3) is 0 Å². The lowest BCUT2D eigenvalue weighted by molar-refractivity contribution is -0.385. The van der Waals surface area contributed by atoms with Gasteiger partial charge in [0.15, 0.2) is 5.84 Å². The number of oxime groups is 1. The van der Waals surface area contributed by atoms with E-state index < -0.39 is 4.92 Å². The fourth-order valence-electron chi connectivity index (χ4n) is 1.18. The van der Waals surface area contributed by atoms with Crippen molar-refractivity contribution in [1.82, 2.24) is 4.98 Å². The minimum absolute atomic E-state index is 0.186. The van der Waals surface area contributed by atoms with Gasteiger partial charge in [0.05, 0.1) is 10.5 Å². The van der Waals surface area contributed by atoms with E-state index in [-0.39, 0.29) is 22.3 Å². The fraction of sp³-hybridized carbons (Fsp3) is 0.455. The summed E-state index contributed by atoms with van der Waals surface area (Å²) in [7, 11) is 0. The van der Waals surface area contributed by atoms with Crippen LogP contribution in [-0.4, -0.2) is 26.2 Å². The van der Waals surface area contributed by atoms with Crippen molar-refractivity contribution in [2.24, 2.45) is 16.8 Å². The summed E-state index contributed by atoms with van der Waals surface area (Å²) in [6.45, 7) is 6.15. The zero-order chi connectivity index (χ0) is 14.6. The first kappa shape index (κ1) is 15.2. The number of rotatable bonds is 5. The topological polar surface area (TPSA) is 115 Å². The summed E-state index contributed by atoms with van der Waals surface area (Å²) in [6.07, 6.45) is 1.17. The molecule has 0 saturated carbocycles. The molecule has 0 aliphatic rings. The summed E-state index contributed by atoms with van der Waals surface area (Å²) >= 11 is 1.44. The maximum absolute atomic E-state index is 10.7. The molecule has 7 nitrogen and oxygen atoms in total. The molecule has 1 aromatic heterocycles. The first-order chi connectivity index (χ1) is 8.86. The number of nitrogens with zero attached hydrogens (tertiary/aromatic N) is 3. The number of pyridine rings is 1. The van der Waals surface area contributed by atoms with Gasteiger partial charge in [0.2, 0.25) is 0 Å². The van der Waals surface area contributed by atoms with Crippen LogP contribution >= 0.6 is 11.8 Å². The van der Waals surface area contributed by atoms with Gasteiger partial charge in [0, 0.05) is 11.3 Å². The SMILES string of the molecule is CC(C)C(C)Sc1ncc([N+](=O)[O-])cc1C(N)=NO. The van der Waals surface area contributed by atoms with Crippen LogP contribution in [0.2, 0.25) is 0 Å². The summed E-state index contributed by atoms with van der Waals surface area (Å²) in [5.41, 5.74) is 5.62.